The van der Waals surface area contributed by atoms with Crippen LogP contribution in [0.2, 0.25) is 0 Å². The Bertz CT molecular complexity index is 358. The summed E-state index contributed by atoms with van der Waals surface area (Å²) in [7, 11) is 0. The van der Waals surface area contributed by atoms with E-state index in [-0.39, 0.29) is 24.2 Å². The molecular weight excluding hydrogens is 279 g/mol. The molecule has 0 aliphatic rings. The Labute approximate surface area is 104 Å². The van der Waals surface area contributed by atoms with E-state index < -0.39 is 0 Å². The van der Waals surface area contributed by atoms with Crippen LogP contribution in [0.25, 0.3) is 0 Å². The Balaban J connectivity index is 0.00000196. The molecule has 5 N–H and O–H groups in total. The quantitative estimate of drug-likeness (QED) is 0.456. The second-order valence-electron chi connectivity index (χ2n) is 3.03. The largest absolute Gasteiger partial charge is 0.505 e. The third-order valence-corrected chi connectivity index (χ3v) is 2.68. The molecule has 0 amide bonds. The lowest BCUT2D eigenvalue weighted by Gasteiger charge is -2.14. The van der Waals surface area contributed by atoms with Crippen LogP contribution in [0.3, 0.4) is 0 Å². The minimum absolute atomic E-state index is 0. The molecular formula is C10H14BrClN2O. The molecule has 1 aromatic rings. The summed E-state index contributed by atoms with van der Waals surface area (Å²) < 4.78 is 0.763. The molecule has 0 unspecified atom stereocenters. The molecule has 0 aliphatic carbocycles. The van der Waals surface area contributed by atoms with E-state index in [1.54, 1.807) is 18.2 Å². The highest BCUT2D eigenvalue weighted by Crippen LogP contribution is 2.36. The van der Waals surface area contributed by atoms with Gasteiger partial charge in [-0.15, -0.1) is 19.0 Å². The average Bonchev–Trinajstić information content (AvgIpc) is 2.13. The van der Waals surface area contributed by atoms with Gasteiger partial charge < -0.3 is 16.6 Å². The number of phenols is 1. The van der Waals surface area contributed by atoms with Crippen molar-refractivity contribution in [1.29, 1.82) is 0 Å². The van der Waals surface area contributed by atoms with Gasteiger partial charge in [0.25, 0.3) is 0 Å². The van der Waals surface area contributed by atoms with Crippen LogP contribution in [0.1, 0.15) is 18.0 Å². The molecule has 0 saturated carbocycles. The Morgan fingerprint density at radius 2 is 2.13 bits per heavy atom. The SMILES string of the molecule is C=CC[C@@H](N)c1c(Br)ccc(N)c1O.Cl. The molecule has 0 radical (unpaired) electrons. The van der Waals surface area contributed by atoms with Gasteiger partial charge in [-0.25, -0.2) is 0 Å². The van der Waals surface area contributed by atoms with Crippen LogP contribution in [-0.4, -0.2) is 5.11 Å². The van der Waals surface area contributed by atoms with Crippen LogP contribution < -0.4 is 11.5 Å². The molecule has 0 fully saturated rings. The summed E-state index contributed by atoms with van der Waals surface area (Å²) in [6.07, 6.45) is 2.30. The first-order valence-electron chi connectivity index (χ1n) is 4.21. The monoisotopic (exact) mass is 292 g/mol. The maximum Gasteiger partial charge on any atom is 0.144 e. The zero-order valence-electron chi connectivity index (χ0n) is 8.11. The van der Waals surface area contributed by atoms with E-state index in [4.69, 9.17) is 11.5 Å². The fraction of sp³-hybridized carbons (Fsp3) is 0.200. The number of nitrogens with two attached hydrogens (primary N) is 2. The number of phenolic OH excluding ortho intramolecular Hbond substituents is 1. The van der Waals surface area contributed by atoms with Crippen molar-refractivity contribution in [3.05, 3.63) is 34.8 Å². The molecule has 0 spiro atoms. The van der Waals surface area contributed by atoms with Crippen LogP contribution in [0.4, 0.5) is 5.69 Å². The predicted molar refractivity (Wildman–Crippen MR) is 69.2 cm³/mol. The fourth-order valence-electron chi connectivity index (χ4n) is 1.25. The van der Waals surface area contributed by atoms with Crippen LogP contribution >= 0.6 is 28.3 Å². The molecule has 1 aromatic carbocycles. The van der Waals surface area contributed by atoms with Crippen molar-refractivity contribution in [2.75, 3.05) is 5.73 Å². The summed E-state index contributed by atoms with van der Waals surface area (Å²) >= 11 is 3.32. The van der Waals surface area contributed by atoms with Crippen molar-refractivity contribution >= 4 is 34.0 Å². The Kier molecular flexibility index (Phi) is 5.72. The van der Waals surface area contributed by atoms with Gasteiger partial charge in [0, 0.05) is 16.1 Å². The van der Waals surface area contributed by atoms with Crippen molar-refractivity contribution in [3.63, 3.8) is 0 Å². The summed E-state index contributed by atoms with van der Waals surface area (Å²) in [5, 5.41) is 9.71. The molecule has 0 bridgehead atoms. The van der Waals surface area contributed by atoms with E-state index in [0.29, 0.717) is 17.7 Å². The van der Waals surface area contributed by atoms with Gasteiger partial charge >= 0.3 is 0 Å². The number of anilines is 1. The fourth-order valence-corrected chi connectivity index (χ4v) is 1.86. The van der Waals surface area contributed by atoms with Gasteiger partial charge in [0.15, 0.2) is 0 Å². The van der Waals surface area contributed by atoms with Gasteiger partial charge in [-0.3, -0.25) is 0 Å². The first-order valence-corrected chi connectivity index (χ1v) is 5.00. The molecule has 15 heavy (non-hydrogen) atoms. The number of halogens is 2. The zero-order valence-corrected chi connectivity index (χ0v) is 10.5. The Morgan fingerprint density at radius 3 is 2.67 bits per heavy atom. The highest BCUT2D eigenvalue weighted by atomic mass is 79.9. The summed E-state index contributed by atoms with van der Waals surface area (Å²) in [4.78, 5) is 0. The van der Waals surface area contributed by atoms with Gasteiger partial charge in [-0.1, -0.05) is 22.0 Å². The number of aromatic hydroxyl groups is 1. The lowest BCUT2D eigenvalue weighted by atomic mass is 10.0. The van der Waals surface area contributed by atoms with Gasteiger partial charge in [-0.05, 0) is 18.6 Å². The van der Waals surface area contributed by atoms with Crippen molar-refractivity contribution < 1.29 is 5.11 Å². The Hall–Kier alpha value is -0.710. The normalized spacial score (nSPS) is 11.6. The molecule has 84 valence electrons. The van der Waals surface area contributed by atoms with Crippen molar-refractivity contribution in [2.45, 2.75) is 12.5 Å². The molecule has 1 rings (SSSR count). The minimum atomic E-state index is -0.287. The third kappa shape index (κ3) is 3.12. The number of hydrogen-bond acceptors (Lipinski definition) is 3. The Morgan fingerprint density at radius 1 is 1.53 bits per heavy atom. The van der Waals surface area contributed by atoms with Crippen LogP contribution in [-0.2, 0) is 0 Å². The number of rotatable bonds is 3. The molecule has 0 saturated heterocycles. The van der Waals surface area contributed by atoms with Crippen molar-refractivity contribution in [1.82, 2.24) is 0 Å². The van der Waals surface area contributed by atoms with Gasteiger partial charge in [0.1, 0.15) is 5.75 Å². The molecule has 0 heterocycles. The number of benzene rings is 1. The smallest absolute Gasteiger partial charge is 0.144 e. The minimum Gasteiger partial charge on any atom is -0.505 e. The van der Waals surface area contributed by atoms with Crippen LogP contribution in [0.5, 0.6) is 5.75 Å². The van der Waals surface area contributed by atoms with Crippen molar-refractivity contribution in [3.8, 4) is 5.75 Å². The maximum atomic E-state index is 9.71. The van der Waals surface area contributed by atoms with Crippen molar-refractivity contribution in [2.24, 2.45) is 5.73 Å². The second-order valence-corrected chi connectivity index (χ2v) is 3.88. The lowest BCUT2D eigenvalue weighted by Crippen LogP contribution is -2.10. The highest BCUT2D eigenvalue weighted by Gasteiger charge is 2.15. The lowest BCUT2D eigenvalue weighted by molar-refractivity contribution is 0.463. The van der Waals surface area contributed by atoms with E-state index >= 15 is 0 Å². The van der Waals surface area contributed by atoms with E-state index in [2.05, 4.69) is 22.5 Å². The number of nitrogen functional groups attached to an aromatic ring is 1. The molecule has 1 atom stereocenters. The molecule has 3 nitrogen and oxygen atoms in total. The summed E-state index contributed by atoms with van der Waals surface area (Å²) in [5.41, 5.74) is 12.4. The maximum absolute atomic E-state index is 9.71. The summed E-state index contributed by atoms with van der Waals surface area (Å²) in [5.74, 6) is 0.0497. The first-order chi connectivity index (χ1) is 6.57. The van der Waals surface area contributed by atoms with Crippen LogP contribution in [0.15, 0.2) is 29.3 Å². The van der Waals surface area contributed by atoms with Gasteiger partial charge in [0.2, 0.25) is 0 Å². The predicted octanol–water partition coefficient (Wildman–Crippen LogP) is 2.73. The van der Waals surface area contributed by atoms with E-state index in [0.717, 1.165) is 4.47 Å². The van der Waals surface area contributed by atoms with E-state index in [1.807, 2.05) is 0 Å². The van der Waals surface area contributed by atoms with Gasteiger partial charge in [-0.2, -0.15) is 0 Å². The van der Waals surface area contributed by atoms with Gasteiger partial charge in [0.05, 0.1) is 5.69 Å². The first kappa shape index (κ1) is 14.3. The highest BCUT2D eigenvalue weighted by molar-refractivity contribution is 9.10. The van der Waals surface area contributed by atoms with Crippen LogP contribution in [0, 0.1) is 0 Å². The average molecular weight is 294 g/mol. The molecule has 0 aliphatic heterocycles. The standard InChI is InChI=1S/C10H13BrN2O.ClH/c1-2-3-7(12)9-6(11)4-5-8(13)10(9)14;/h2,4-5,7,14H,1,3,12-13H2;1H/t7-;/m1./s1. The number of hydrogen-bond donors (Lipinski definition) is 3. The van der Waals surface area contributed by atoms with E-state index in [1.165, 1.54) is 0 Å². The van der Waals surface area contributed by atoms with E-state index in [9.17, 15) is 5.11 Å². The zero-order chi connectivity index (χ0) is 10.7. The summed E-state index contributed by atoms with van der Waals surface area (Å²) in [6.45, 7) is 3.60. The second kappa shape index (κ2) is 6.00. The third-order valence-electron chi connectivity index (χ3n) is 1.99. The molecule has 5 heteroatoms. The topological polar surface area (TPSA) is 72.3 Å². The molecule has 0 aromatic heterocycles. The summed E-state index contributed by atoms with van der Waals surface area (Å²) in [6, 6.07) is 3.11.